The zero-order chi connectivity index (χ0) is 20.6. The van der Waals surface area contributed by atoms with E-state index in [1.165, 1.54) is 23.6 Å². The van der Waals surface area contributed by atoms with Gasteiger partial charge in [-0.05, 0) is 48.9 Å². The zero-order valence-electron chi connectivity index (χ0n) is 16.3. The number of aryl methyl sites for hydroxylation is 2. The molecule has 0 aromatic heterocycles. The van der Waals surface area contributed by atoms with Gasteiger partial charge in [0.25, 0.3) is 5.69 Å². The topological polar surface area (TPSA) is 101 Å². The second-order valence-electron chi connectivity index (χ2n) is 7.16. The molecule has 0 unspecified atom stereocenters. The number of nitro groups is 1. The molecule has 0 radical (unpaired) electrons. The number of carbonyl (C=O) groups is 2. The second-order valence-corrected chi connectivity index (χ2v) is 7.16. The summed E-state index contributed by atoms with van der Waals surface area (Å²) >= 11 is 0. The molecular weight excluding hydrogens is 370 g/mol. The molecule has 0 spiro atoms. The van der Waals surface area contributed by atoms with E-state index in [1.54, 1.807) is 18.2 Å². The maximum atomic E-state index is 12.4. The molecule has 3 rings (SSSR count). The first-order valence-electron chi connectivity index (χ1n) is 9.93. The Morgan fingerprint density at radius 1 is 0.966 bits per heavy atom. The summed E-state index contributed by atoms with van der Waals surface area (Å²) in [5.41, 5.74) is 3.67. The van der Waals surface area contributed by atoms with Crippen LogP contribution in [0.25, 0.3) is 0 Å². The molecule has 29 heavy (non-hydrogen) atoms. The normalized spacial score (nSPS) is 12.7. The molecule has 0 saturated carbocycles. The van der Waals surface area contributed by atoms with Crippen molar-refractivity contribution in [3.63, 3.8) is 0 Å². The van der Waals surface area contributed by atoms with Crippen molar-refractivity contribution in [3.05, 3.63) is 69.3 Å². The van der Waals surface area contributed by atoms with E-state index in [0.717, 1.165) is 19.3 Å². The quantitative estimate of drug-likeness (QED) is 0.292. The smallest absolute Gasteiger partial charge is 0.292 e. The van der Waals surface area contributed by atoms with Crippen LogP contribution in [0.4, 0.5) is 11.4 Å². The summed E-state index contributed by atoms with van der Waals surface area (Å²) in [5.74, 6) is -0.229. The maximum absolute atomic E-state index is 12.4. The lowest BCUT2D eigenvalue weighted by Gasteiger charge is -2.16. The molecule has 0 aliphatic heterocycles. The van der Waals surface area contributed by atoms with E-state index >= 15 is 0 Å². The molecule has 7 nitrogen and oxygen atoms in total. The van der Waals surface area contributed by atoms with Gasteiger partial charge >= 0.3 is 0 Å². The van der Waals surface area contributed by atoms with Gasteiger partial charge in [-0.2, -0.15) is 0 Å². The highest BCUT2D eigenvalue weighted by molar-refractivity contribution is 5.98. The Bertz CT molecular complexity index is 911. The second kappa shape index (κ2) is 9.82. The van der Waals surface area contributed by atoms with Gasteiger partial charge in [0.1, 0.15) is 5.69 Å². The van der Waals surface area contributed by atoms with Crippen LogP contribution in [0.1, 0.15) is 47.2 Å². The van der Waals surface area contributed by atoms with Crippen molar-refractivity contribution in [1.29, 1.82) is 0 Å². The molecule has 2 aromatic rings. The number of fused-ring (bicyclic) bond motifs is 1. The molecule has 1 amide bonds. The highest BCUT2D eigenvalue weighted by Crippen LogP contribution is 2.23. The molecule has 0 bridgehead atoms. The summed E-state index contributed by atoms with van der Waals surface area (Å²) in [6.07, 6.45) is 4.75. The Morgan fingerprint density at radius 2 is 1.72 bits per heavy atom. The number of ketones is 1. The molecule has 0 heterocycles. The van der Waals surface area contributed by atoms with Crippen molar-refractivity contribution in [2.24, 2.45) is 0 Å². The first-order chi connectivity index (χ1) is 14.0. The fraction of sp³-hybridized carbons (Fsp3) is 0.364. The number of nitrogens with zero attached hydrogens (tertiary/aromatic N) is 1. The average Bonchev–Trinajstić information content (AvgIpc) is 2.74. The third kappa shape index (κ3) is 5.63. The minimum Gasteiger partial charge on any atom is -0.378 e. The monoisotopic (exact) mass is 395 g/mol. The molecular formula is C22H25N3O4. The van der Waals surface area contributed by atoms with Crippen molar-refractivity contribution in [1.82, 2.24) is 5.32 Å². The van der Waals surface area contributed by atoms with E-state index in [1.807, 2.05) is 18.2 Å². The summed E-state index contributed by atoms with van der Waals surface area (Å²) in [6.45, 7) is 0.674. The van der Waals surface area contributed by atoms with Gasteiger partial charge in [-0.25, -0.2) is 0 Å². The highest BCUT2D eigenvalue weighted by atomic mass is 16.6. The predicted molar refractivity (Wildman–Crippen MR) is 111 cm³/mol. The standard InChI is InChI=1S/C22H25N3O4/c26-21(18-10-9-16-5-1-2-6-17(16)15-18)11-12-22(27)24-14-13-23-19-7-3-4-8-20(19)25(28)29/h3-4,7-10,15,23H,1-2,5-6,11-14H2,(H,24,27). The number of anilines is 1. The summed E-state index contributed by atoms with van der Waals surface area (Å²) in [6, 6.07) is 12.2. The van der Waals surface area contributed by atoms with E-state index in [9.17, 15) is 19.7 Å². The van der Waals surface area contributed by atoms with Crippen LogP contribution < -0.4 is 10.6 Å². The van der Waals surface area contributed by atoms with E-state index < -0.39 is 4.92 Å². The van der Waals surface area contributed by atoms with Crippen molar-refractivity contribution in [2.45, 2.75) is 38.5 Å². The van der Waals surface area contributed by atoms with Crippen LogP contribution in [-0.2, 0) is 17.6 Å². The summed E-state index contributed by atoms with van der Waals surface area (Å²) in [7, 11) is 0. The molecule has 2 aromatic carbocycles. The van der Waals surface area contributed by atoms with Gasteiger partial charge in [0, 0.05) is 37.6 Å². The number of hydrogen-bond donors (Lipinski definition) is 2. The third-order valence-electron chi connectivity index (χ3n) is 5.11. The van der Waals surface area contributed by atoms with Crippen LogP contribution in [0.15, 0.2) is 42.5 Å². The van der Waals surface area contributed by atoms with Crippen LogP contribution in [0.5, 0.6) is 0 Å². The Morgan fingerprint density at radius 3 is 2.52 bits per heavy atom. The third-order valence-corrected chi connectivity index (χ3v) is 5.11. The van der Waals surface area contributed by atoms with Gasteiger partial charge in [0.05, 0.1) is 4.92 Å². The highest BCUT2D eigenvalue weighted by Gasteiger charge is 2.14. The van der Waals surface area contributed by atoms with Crippen molar-refractivity contribution in [2.75, 3.05) is 18.4 Å². The number of benzene rings is 2. The van der Waals surface area contributed by atoms with Crippen molar-refractivity contribution < 1.29 is 14.5 Å². The lowest BCUT2D eigenvalue weighted by Crippen LogP contribution is -2.29. The predicted octanol–water partition coefficient (Wildman–Crippen LogP) is 3.66. The minimum atomic E-state index is -0.451. The molecule has 7 heteroatoms. The molecule has 2 N–H and O–H groups in total. The number of nitro benzene ring substituents is 1. The molecule has 1 aliphatic rings. The van der Waals surface area contributed by atoms with Crippen LogP contribution in [-0.4, -0.2) is 29.7 Å². The fourth-order valence-corrected chi connectivity index (χ4v) is 3.55. The first kappa shape index (κ1) is 20.5. The van der Waals surface area contributed by atoms with Crippen molar-refractivity contribution in [3.8, 4) is 0 Å². The van der Waals surface area contributed by atoms with E-state index in [2.05, 4.69) is 10.6 Å². The summed E-state index contributed by atoms with van der Waals surface area (Å²) < 4.78 is 0. The summed E-state index contributed by atoms with van der Waals surface area (Å²) in [4.78, 5) is 34.9. The van der Waals surface area contributed by atoms with E-state index in [4.69, 9.17) is 0 Å². The van der Waals surface area contributed by atoms with E-state index in [0.29, 0.717) is 24.3 Å². The Kier molecular flexibility index (Phi) is 6.94. The number of rotatable bonds is 9. The van der Waals surface area contributed by atoms with Crippen LogP contribution in [0, 0.1) is 10.1 Å². The summed E-state index contributed by atoms with van der Waals surface area (Å²) in [5, 5.41) is 16.7. The molecule has 1 aliphatic carbocycles. The van der Waals surface area contributed by atoms with Crippen LogP contribution in [0.3, 0.4) is 0 Å². The van der Waals surface area contributed by atoms with Gasteiger partial charge < -0.3 is 10.6 Å². The van der Waals surface area contributed by atoms with Crippen LogP contribution >= 0.6 is 0 Å². The minimum absolute atomic E-state index is 0.00512. The number of amides is 1. The molecule has 152 valence electrons. The van der Waals surface area contributed by atoms with E-state index in [-0.39, 0.29) is 30.2 Å². The number of para-hydroxylation sites is 2. The molecule has 0 saturated heterocycles. The van der Waals surface area contributed by atoms with Gasteiger partial charge in [-0.3, -0.25) is 19.7 Å². The van der Waals surface area contributed by atoms with Gasteiger partial charge in [-0.15, -0.1) is 0 Å². The average molecular weight is 395 g/mol. The van der Waals surface area contributed by atoms with Gasteiger partial charge in [0.15, 0.2) is 5.78 Å². The SMILES string of the molecule is O=C(CCC(=O)c1ccc2c(c1)CCCC2)NCCNc1ccccc1[N+](=O)[O-]. The fourth-order valence-electron chi connectivity index (χ4n) is 3.55. The molecule has 0 atom stereocenters. The Hall–Kier alpha value is -3.22. The first-order valence-corrected chi connectivity index (χ1v) is 9.93. The number of Topliss-reactive ketones (excluding diaryl/α,β-unsaturated/α-hetero) is 1. The van der Waals surface area contributed by atoms with Crippen LogP contribution in [0.2, 0.25) is 0 Å². The Labute approximate surface area is 169 Å². The largest absolute Gasteiger partial charge is 0.378 e. The number of carbonyl (C=O) groups excluding carboxylic acids is 2. The number of nitrogens with one attached hydrogen (secondary N) is 2. The zero-order valence-corrected chi connectivity index (χ0v) is 16.3. The lowest BCUT2D eigenvalue weighted by atomic mass is 9.89. The number of hydrogen-bond acceptors (Lipinski definition) is 5. The lowest BCUT2D eigenvalue weighted by molar-refractivity contribution is -0.384. The molecule has 0 fully saturated rings. The van der Waals surface area contributed by atoms with Gasteiger partial charge in [0.2, 0.25) is 5.91 Å². The van der Waals surface area contributed by atoms with Gasteiger partial charge in [-0.1, -0.05) is 24.3 Å². The maximum Gasteiger partial charge on any atom is 0.292 e. The van der Waals surface area contributed by atoms with Crippen molar-refractivity contribution >= 4 is 23.1 Å². The Balaban J connectivity index is 1.40.